The Morgan fingerprint density at radius 1 is 1.22 bits per heavy atom. The van der Waals surface area contributed by atoms with E-state index in [0.29, 0.717) is 0 Å². The number of hydrogen-bond donors (Lipinski definition) is 2. The van der Waals surface area contributed by atoms with Crippen LogP contribution in [-0.4, -0.2) is 73.5 Å². The van der Waals surface area contributed by atoms with Gasteiger partial charge in [0, 0.05) is 12.1 Å². The minimum atomic E-state index is -0.378. The van der Waals surface area contributed by atoms with Gasteiger partial charge in [-0.1, -0.05) is 32.0 Å². The van der Waals surface area contributed by atoms with Crippen molar-refractivity contribution in [1.82, 2.24) is 15.5 Å². The number of aliphatic imine (C=N–C) groups is 1. The number of ether oxygens (including phenoxy) is 1. The van der Waals surface area contributed by atoms with E-state index in [2.05, 4.69) is 89.1 Å². The number of aryl methyl sites for hydroxylation is 1. The number of nitrogens with zero attached hydrogens (tertiary/aromatic N) is 2. The van der Waals surface area contributed by atoms with E-state index in [-0.39, 0.29) is 54.5 Å². The van der Waals surface area contributed by atoms with Crippen LogP contribution in [0.15, 0.2) is 23.2 Å². The predicted octanol–water partition coefficient (Wildman–Crippen LogP) is 3.57. The summed E-state index contributed by atoms with van der Waals surface area (Å²) in [5, 5.41) is 6.79. The number of carbonyl (C=O) groups is 1. The van der Waals surface area contributed by atoms with E-state index in [1.165, 1.54) is 18.2 Å². The van der Waals surface area contributed by atoms with Gasteiger partial charge in [-0.25, -0.2) is 4.79 Å². The maximum absolute atomic E-state index is 12.0. The zero-order valence-electron chi connectivity index (χ0n) is 24.1. The Bertz CT molecular complexity index is 1010. The number of nitrogens with one attached hydrogen (secondary N) is 2. The lowest BCUT2D eigenvalue weighted by molar-refractivity contribution is 0.00578. The number of amides is 1. The van der Waals surface area contributed by atoms with Crippen molar-refractivity contribution in [3.05, 3.63) is 29.3 Å². The fourth-order valence-electron chi connectivity index (χ4n) is 5.87. The molecular weight excluding hydrogens is 467 g/mol. The van der Waals surface area contributed by atoms with Crippen molar-refractivity contribution in [3.63, 3.8) is 0 Å². The Balaban J connectivity index is 1.43. The molecule has 0 saturated carbocycles. The summed E-state index contributed by atoms with van der Waals surface area (Å²) in [5.74, 6) is 1.34. The van der Waals surface area contributed by atoms with Crippen LogP contribution < -0.4 is 16.1 Å². The molecule has 204 valence electrons. The van der Waals surface area contributed by atoms with Crippen LogP contribution in [0.5, 0.6) is 0 Å². The minimum absolute atomic E-state index is 0.00406. The summed E-state index contributed by atoms with van der Waals surface area (Å²) in [4.78, 5) is 19.4. The molecule has 3 aliphatic heterocycles. The van der Waals surface area contributed by atoms with Gasteiger partial charge in [-0.05, 0) is 83.4 Å². The third-order valence-corrected chi connectivity index (χ3v) is 8.80. The average molecular weight is 513 g/mol. The Morgan fingerprint density at radius 2 is 1.89 bits per heavy atom. The van der Waals surface area contributed by atoms with Crippen LogP contribution in [0, 0.1) is 12.8 Å². The van der Waals surface area contributed by atoms with E-state index < -0.39 is 0 Å². The van der Waals surface area contributed by atoms with E-state index in [1.807, 2.05) is 0 Å². The first kappa shape index (κ1) is 27.9. The second-order valence-electron chi connectivity index (χ2n) is 12.2. The highest BCUT2D eigenvalue weighted by Gasteiger charge is 2.51. The van der Waals surface area contributed by atoms with E-state index in [1.54, 1.807) is 0 Å². The molecule has 8 nitrogen and oxygen atoms in total. The molecule has 1 amide bonds. The van der Waals surface area contributed by atoms with Gasteiger partial charge in [0.2, 0.25) is 0 Å². The lowest BCUT2D eigenvalue weighted by Gasteiger charge is -2.38. The van der Waals surface area contributed by atoms with Crippen LogP contribution in [0.4, 0.5) is 4.79 Å². The monoisotopic (exact) mass is 512 g/mol. The van der Waals surface area contributed by atoms with E-state index >= 15 is 0 Å². The van der Waals surface area contributed by atoms with Gasteiger partial charge >= 0.3 is 13.2 Å². The molecule has 37 heavy (non-hydrogen) atoms. The molecule has 4 rings (SSSR count). The van der Waals surface area contributed by atoms with E-state index in [4.69, 9.17) is 19.0 Å². The quantitative estimate of drug-likeness (QED) is 0.544. The summed E-state index contributed by atoms with van der Waals surface area (Å²) < 4.78 is 17.4. The highest BCUT2D eigenvalue weighted by molar-refractivity contribution is 6.62. The van der Waals surface area contributed by atoms with Crippen LogP contribution >= 0.6 is 0 Å². The number of methoxy groups -OCH3 is 1. The molecule has 0 aliphatic carbocycles. The molecule has 9 heteroatoms. The molecule has 4 atom stereocenters. The van der Waals surface area contributed by atoms with Crippen molar-refractivity contribution in [1.29, 1.82) is 0 Å². The number of benzene rings is 1. The van der Waals surface area contributed by atoms with Crippen LogP contribution in [0.1, 0.15) is 78.5 Å². The molecule has 2 N–H and O–H groups in total. The molecule has 1 aromatic rings. The standard InChI is InChI=1S/C28H45BN4O4/c1-17(2)24(32-26(34)35-9)19(4)33-14-10-11-23(33)25-30-16-22(31-25)21-13-12-20(15-18(21)3)29-36-27(5,6)28(7,8)37-29/h12-13,15,17,19,22-24H,10-11,14,16H2,1-9H3,(H,30,31)(H,32,34)/t19?,22?,23-,24-/m0/s1. The SMILES string of the molecule is COC(=O)N[C@@H](C(C)C)C(C)N1CCC[C@H]1C1=NCC(c2ccc(B3OC(C)(C)C(C)(C)O3)cc2C)N1. The number of alkyl carbamates (subject to hydrolysis) is 1. The smallest absolute Gasteiger partial charge is 0.453 e. The van der Waals surface area contributed by atoms with Gasteiger partial charge in [0.15, 0.2) is 0 Å². The topological polar surface area (TPSA) is 84.4 Å². The first-order chi connectivity index (χ1) is 17.3. The molecule has 0 spiro atoms. The fourth-order valence-corrected chi connectivity index (χ4v) is 5.87. The molecule has 0 radical (unpaired) electrons. The summed E-state index contributed by atoms with van der Waals surface area (Å²) in [5.41, 5.74) is 2.80. The van der Waals surface area contributed by atoms with Crippen LogP contribution in [-0.2, 0) is 14.0 Å². The fraction of sp³-hybridized carbons (Fsp3) is 0.714. The maximum atomic E-state index is 12.0. The normalized spacial score (nSPS) is 26.6. The second-order valence-corrected chi connectivity index (χ2v) is 12.2. The molecule has 3 aliphatic rings. The third kappa shape index (κ3) is 5.54. The van der Waals surface area contributed by atoms with Gasteiger partial charge in [-0.15, -0.1) is 0 Å². The van der Waals surface area contributed by atoms with Crippen molar-refractivity contribution in [3.8, 4) is 0 Å². The molecule has 0 aromatic heterocycles. The third-order valence-electron chi connectivity index (χ3n) is 8.80. The zero-order valence-corrected chi connectivity index (χ0v) is 24.1. The van der Waals surface area contributed by atoms with Gasteiger partial charge in [0.1, 0.15) is 5.84 Å². The van der Waals surface area contributed by atoms with Crippen molar-refractivity contribution in [2.45, 2.75) is 104 Å². The van der Waals surface area contributed by atoms with Gasteiger partial charge < -0.3 is 24.7 Å². The Labute approximate surface area is 223 Å². The zero-order chi connectivity index (χ0) is 27.1. The Hall–Kier alpha value is -2.10. The highest BCUT2D eigenvalue weighted by Crippen LogP contribution is 2.37. The van der Waals surface area contributed by atoms with Gasteiger partial charge in [-0.2, -0.15) is 0 Å². The lowest BCUT2D eigenvalue weighted by atomic mass is 9.77. The van der Waals surface area contributed by atoms with Crippen molar-refractivity contribution in [2.24, 2.45) is 10.9 Å². The first-order valence-corrected chi connectivity index (χ1v) is 13.7. The summed E-state index contributed by atoms with van der Waals surface area (Å²) in [6.45, 7) is 18.7. The van der Waals surface area contributed by atoms with E-state index in [9.17, 15) is 4.79 Å². The van der Waals surface area contributed by atoms with Gasteiger partial charge in [0.25, 0.3) is 0 Å². The number of likely N-dealkylation sites (tertiary alicyclic amines) is 1. The Kier molecular flexibility index (Phi) is 7.99. The largest absolute Gasteiger partial charge is 0.494 e. The van der Waals surface area contributed by atoms with Crippen LogP contribution in [0.2, 0.25) is 0 Å². The average Bonchev–Trinajstić information content (AvgIpc) is 3.54. The Morgan fingerprint density at radius 3 is 2.49 bits per heavy atom. The molecule has 2 unspecified atom stereocenters. The number of amidine groups is 1. The van der Waals surface area contributed by atoms with Crippen molar-refractivity contribution in [2.75, 3.05) is 20.2 Å². The maximum Gasteiger partial charge on any atom is 0.494 e. The highest BCUT2D eigenvalue weighted by atomic mass is 16.7. The summed E-state index contributed by atoms with van der Waals surface area (Å²) >= 11 is 0. The minimum Gasteiger partial charge on any atom is -0.453 e. The van der Waals surface area contributed by atoms with Crippen LogP contribution in [0.25, 0.3) is 0 Å². The number of hydrogen-bond acceptors (Lipinski definition) is 7. The molecule has 2 fully saturated rings. The molecule has 2 saturated heterocycles. The molecule has 0 bridgehead atoms. The van der Waals surface area contributed by atoms with Crippen molar-refractivity contribution < 1.29 is 18.8 Å². The summed E-state index contributed by atoms with van der Waals surface area (Å²) in [6.07, 6.45) is 1.80. The van der Waals surface area contributed by atoms with Crippen molar-refractivity contribution >= 4 is 24.5 Å². The summed E-state index contributed by atoms with van der Waals surface area (Å²) in [6, 6.07) is 7.04. The van der Waals surface area contributed by atoms with Gasteiger partial charge in [0.05, 0.1) is 36.9 Å². The number of carbonyl (C=O) groups excluding carboxylic acids is 1. The number of rotatable bonds is 7. The predicted molar refractivity (Wildman–Crippen MR) is 148 cm³/mol. The first-order valence-electron chi connectivity index (χ1n) is 13.7. The summed E-state index contributed by atoms with van der Waals surface area (Å²) in [7, 11) is 1.05. The molecular formula is C28H45BN4O4. The van der Waals surface area contributed by atoms with Gasteiger partial charge in [-0.3, -0.25) is 9.89 Å². The molecule has 3 heterocycles. The molecule has 1 aromatic carbocycles. The lowest BCUT2D eigenvalue weighted by Crippen LogP contribution is -2.56. The second kappa shape index (κ2) is 10.6. The van der Waals surface area contributed by atoms with Crippen LogP contribution in [0.3, 0.4) is 0 Å². The van der Waals surface area contributed by atoms with E-state index in [0.717, 1.165) is 37.2 Å².